The molecule has 1 aromatic carbocycles. The van der Waals surface area contributed by atoms with Crippen molar-refractivity contribution in [3.05, 3.63) is 40.9 Å². The number of carboxylic acid groups (broad SMARTS) is 1. The molecule has 9 nitrogen and oxygen atoms in total. The van der Waals surface area contributed by atoms with E-state index in [2.05, 4.69) is 15.7 Å². The maximum absolute atomic E-state index is 12.6. The van der Waals surface area contributed by atoms with Gasteiger partial charge in [0.05, 0.1) is 41.0 Å². The molecule has 1 aliphatic heterocycles. The van der Waals surface area contributed by atoms with Crippen LogP contribution in [0.2, 0.25) is 5.02 Å². The Morgan fingerprint density at radius 2 is 1.92 bits per heavy atom. The number of aliphatic carboxylic acids is 1. The van der Waals surface area contributed by atoms with Crippen molar-refractivity contribution in [2.24, 2.45) is 5.92 Å². The number of hydrogen-bond donors (Lipinski definition) is 1. The molecule has 2 aliphatic carbocycles. The number of methoxy groups -OCH3 is 1. The number of amides is 1. The van der Waals surface area contributed by atoms with Crippen LogP contribution in [-0.4, -0.2) is 49.7 Å². The molecule has 2 aromatic heterocycles. The van der Waals surface area contributed by atoms with E-state index in [1.165, 1.54) is 7.11 Å². The number of carbonyl (C=O) groups excluding carboxylic acids is 1. The molecule has 2 fully saturated rings. The molecule has 1 amide bonds. The van der Waals surface area contributed by atoms with Gasteiger partial charge in [-0.05, 0) is 70.4 Å². The third-order valence-electron chi connectivity index (χ3n) is 8.37. The quantitative estimate of drug-likeness (QED) is 0.520. The van der Waals surface area contributed by atoms with E-state index in [4.69, 9.17) is 21.3 Å². The number of ether oxygens (including phenoxy) is 1. The molecule has 0 spiro atoms. The first-order chi connectivity index (χ1) is 17.3. The lowest BCUT2D eigenvalue weighted by Crippen LogP contribution is -2.42. The zero-order chi connectivity index (χ0) is 25.2. The van der Waals surface area contributed by atoms with Gasteiger partial charge in [0, 0.05) is 23.8 Å². The molecule has 0 bridgehead atoms. The van der Waals surface area contributed by atoms with Crippen molar-refractivity contribution in [1.29, 1.82) is 0 Å². The Morgan fingerprint density at radius 3 is 2.53 bits per heavy atom. The first-order valence-electron chi connectivity index (χ1n) is 12.7. The number of aryl methyl sites for hydroxylation is 1. The Morgan fingerprint density at radius 1 is 1.17 bits per heavy atom. The standard InChI is InChI=1S/C26H30ClN5O4/c1-15-3-8-19-20(31(15)25(35)36-2)9-10-21-22(19)29-24(26(11-12-26)30-14-17(27)13-28-30)32(21)18-6-4-16(5-7-18)23(33)34/h9-10,13-16,18H,3-8,11-12H2,1-2H3,(H,33,34)/t15-,16-,18-/m0/s1. The molecule has 0 saturated heterocycles. The summed E-state index contributed by atoms with van der Waals surface area (Å²) in [6.45, 7) is 2.04. The number of carbonyl (C=O) groups is 2. The molecule has 1 atom stereocenters. The van der Waals surface area contributed by atoms with Crippen LogP contribution in [0.15, 0.2) is 24.5 Å². The summed E-state index contributed by atoms with van der Waals surface area (Å²) in [5.41, 5.74) is 3.49. The van der Waals surface area contributed by atoms with Gasteiger partial charge in [-0.3, -0.25) is 14.4 Å². The first-order valence-corrected chi connectivity index (χ1v) is 13.1. The van der Waals surface area contributed by atoms with E-state index in [1.54, 1.807) is 11.1 Å². The van der Waals surface area contributed by atoms with E-state index in [9.17, 15) is 14.7 Å². The van der Waals surface area contributed by atoms with Crippen molar-refractivity contribution in [3.8, 4) is 0 Å². The van der Waals surface area contributed by atoms with Crippen LogP contribution in [0.3, 0.4) is 0 Å². The van der Waals surface area contributed by atoms with Gasteiger partial charge in [-0.15, -0.1) is 0 Å². The predicted molar refractivity (Wildman–Crippen MR) is 135 cm³/mol. The van der Waals surface area contributed by atoms with Crippen LogP contribution in [-0.2, 0) is 21.5 Å². The number of benzene rings is 1. The van der Waals surface area contributed by atoms with E-state index in [0.717, 1.165) is 66.6 Å². The summed E-state index contributed by atoms with van der Waals surface area (Å²) in [4.78, 5) is 31.3. The second kappa shape index (κ2) is 8.50. The van der Waals surface area contributed by atoms with Gasteiger partial charge in [0.1, 0.15) is 11.4 Å². The van der Waals surface area contributed by atoms with E-state index < -0.39 is 5.97 Å². The lowest BCUT2D eigenvalue weighted by atomic mass is 9.85. The second-order valence-corrected chi connectivity index (χ2v) is 10.9. The lowest BCUT2D eigenvalue weighted by molar-refractivity contribution is -0.143. The monoisotopic (exact) mass is 511 g/mol. The minimum absolute atomic E-state index is 0.0382. The lowest BCUT2D eigenvalue weighted by Gasteiger charge is -2.34. The van der Waals surface area contributed by atoms with E-state index in [0.29, 0.717) is 17.9 Å². The summed E-state index contributed by atoms with van der Waals surface area (Å²) in [5.74, 6) is -0.0464. The van der Waals surface area contributed by atoms with Gasteiger partial charge in [0.25, 0.3) is 0 Å². The van der Waals surface area contributed by atoms with Crippen LogP contribution in [0.5, 0.6) is 0 Å². The fourth-order valence-corrected chi connectivity index (χ4v) is 6.40. The molecule has 6 rings (SSSR count). The SMILES string of the molecule is COC(=O)N1c2ccc3c(nc(C4(n5cc(Cl)cn5)CC4)n3[C@H]3CC[C@H](C(=O)O)CC3)c2CC[C@@H]1C. The van der Waals surface area contributed by atoms with Gasteiger partial charge in [-0.1, -0.05) is 11.6 Å². The molecule has 3 aliphatic rings. The van der Waals surface area contributed by atoms with Crippen molar-refractivity contribution >= 4 is 40.4 Å². The Kier molecular flexibility index (Phi) is 5.51. The highest BCUT2D eigenvalue weighted by Crippen LogP contribution is 2.52. The number of imidazole rings is 1. The molecule has 190 valence electrons. The Labute approximate surface area is 214 Å². The van der Waals surface area contributed by atoms with Crippen molar-refractivity contribution < 1.29 is 19.4 Å². The summed E-state index contributed by atoms with van der Waals surface area (Å²) in [6, 6.07) is 4.27. The summed E-state index contributed by atoms with van der Waals surface area (Å²) >= 11 is 6.25. The molecule has 3 heterocycles. The highest BCUT2D eigenvalue weighted by atomic mass is 35.5. The largest absolute Gasteiger partial charge is 0.481 e. The molecular formula is C26H30ClN5O4. The summed E-state index contributed by atoms with van der Waals surface area (Å²) in [7, 11) is 1.41. The minimum atomic E-state index is -0.708. The third-order valence-corrected chi connectivity index (χ3v) is 8.56. The normalized spacial score (nSPS) is 25.0. The Hall–Kier alpha value is -3.07. The summed E-state index contributed by atoms with van der Waals surface area (Å²) in [5, 5.41) is 14.7. The number of nitrogens with zero attached hydrogens (tertiary/aromatic N) is 5. The molecule has 3 aromatic rings. The number of aromatic nitrogens is 4. The highest BCUT2D eigenvalue weighted by Gasteiger charge is 2.52. The minimum Gasteiger partial charge on any atom is -0.481 e. The van der Waals surface area contributed by atoms with E-state index in [-0.39, 0.29) is 29.6 Å². The Balaban J connectivity index is 1.52. The van der Waals surface area contributed by atoms with Crippen LogP contribution in [0.4, 0.5) is 10.5 Å². The average Bonchev–Trinajstić information content (AvgIpc) is 3.40. The molecule has 10 heteroatoms. The van der Waals surface area contributed by atoms with Crippen molar-refractivity contribution in [1.82, 2.24) is 19.3 Å². The first kappa shape index (κ1) is 23.3. The fraction of sp³-hybridized carbons (Fsp3) is 0.538. The molecule has 36 heavy (non-hydrogen) atoms. The van der Waals surface area contributed by atoms with Gasteiger partial charge in [0.15, 0.2) is 0 Å². The zero-order valence-corrected chi connectivity index (χ0v) is 21.2. The molecule has 2 saturated carbocycles. The van der Waals surface area contributed by atoms with Crippen LogP contribution in [0, 0.1) is 5.92 Å². The number of hydrogen-bond acceptors (Lipinski definition) is 5. The van der Waals surface area contributed by atoms with Crippen LogP contribution >= 0.6 is 11.6 Å². The van der Waals surface area contributed by atoms with E-state index >= 15 is 0 Å². The van der Waals surface area contributed by atoms with Crippen LogP contribution in [0.1, 0.15) is 69.3 Å². The maximum atomic E-state index is 12.6. The molecular weight excluding hydrogens is 482 g/mol. The van der Waals surface area contributed by atoms with E-state index in [1.807, 2.05) is 23.9 Å². The smallest absolute Gasteiger partial charge is 0.414 e. The Bertz CT molecular complexity index is 1350. The number of carboxylic acids is 1. The average molecular weight is 512 g/mol. The van der Waals surface area contributed by atoms with Crippen molar-refractivity contribution in [2.45, 2.75) is 75.9 Å². The topological polar surface area (TPSA) is 102 Å². The second-order valence-electron chi connectivity index (χ2n) is 10.4. The third kappa shape index (κ3) is 3.50. The van der Waals surface area contributed by atoms with Gasteiger partial charge < -0.3 is 14.4 Å². The van der Waals surface area contributed by atoms with Crippen LogP contribution < -0.4 is 4.90 Å². The van der Waals surface area contributed by atoms with Crippen molar-refractivity contribution in [2.75, 3.05) is 12.0 Å². The summed E-state index contributed by atoms with van der Waals surface area (Å²) in [6.07, 6.45) is 9.49. The highest BCUT2D eigenvalue weighted by molar-refractivity contribution is 6.30. The van der Waals surface area contributed by atoms with Gasteiger partial charge in [-0.2, -0.15) is 5.10 Å². The zero-order valence-electron chi connectivity index (χ0n) is 20.5. The maximum Gasteiger partial charge on any atom is 0.414 e. The van der Waals surface area contributed by atoms with Gasteiger partial charge >= 0.3 is 12.1 Å². The summed E-state index contributed by atoms with van der Waals surface area (Å²) < 4.78 is 9.38. The van der Waals surface area contributed by atoms with Gasteiger partial charge in [-0.25, -0.2) is 9.78 Å². The number of anilines is 1. The van der Waals surface area contributed by atoms with Gasteiger partial charge in [0.2, 0.25) is 0 Å². The molecule has 1 N–H and O–H groups in total. The fourth-order valence-electron chi connectivity index (χ4n) is 6.26. The molecule has 0 radical (unpaired) electrons. The van der Waals surface area contributed by atoms with Crippen molar-refractivity contribution in [3.63, 3.8) is 0 Å². The number of rotatable bonds is 4. The van der Waals surface area contributed by atoms with Crippen LogP contribution in [0.25, 0.3) is 11.0 Å². The number of fused-ring (bicyclic) bond motifs is 3. The number of halogens is 1. The molecule has 0 unspecified atom stereocenters. The predicted octanol–water partition coefficient (Wildman–Crippen LogP) is 5.15.